The van der Waals surface area contributed by atoms with Crippen LogP contribution in [0.5, 0.6) is 0 Å². The molecule has 0 radical (unpaired) electrons. The highest BCUT2D eigenvalue weighted by Gasteiger charge is 2.40. The van der Waals surface area contributed by atoms with Crippen molar-refractivity contribution >= 4 is 61.7 Å². The number of nitrogens with one attached hydrogen (secondary N) is 6. The van der Waals surface area contributed by atoms with Crippen LogP contribution in [0.1, 0.15) is 118 Å². The van der Waals surface area contributed by atoms with Gasteiger partial charge in [-0.3, -0.25) is 14.4 Å². The highest BCUT2D eigenvalue weighted by atomic mass is 16.5. The summed E-state index contributed by atoms with van der Waals surface area (Å²) in [6.45, 7) is 3.91. The number of aliphatic hydroxyl groups excluding tert-OH is 6. The van der Waals surface area contributed by atoms with E-state index in [0.717, 1.165) is 71.8 Å². The fraction of sp³-hybridized carbons (Fsp3) is 0.510. The monoisotopic (exact) mass is 1030 g/mol. The van der Waals surface area contributed by atoms with Crippen LogP contribution in [0.4, 0.5) is 11.6 Å². The summed E-state index contributed by atoms with van der Waals surface area (Å²) >= 11 is 0. The summed E-state index contributed by atoms with van der Waals surface area (Å²) < 4.78 is 5.49. The van der Waals surface area contributed by atoms with Crippen LogP contribution in [0.25, 0.3) is 44.1 Å². The minimum Gasteiger partial charge on any atom is -0.462 e. The van der Waals surface area contributed by atoms with E-state index in [2.05, 4.69) is 66.7 Å². The number of rotatable bonds is 9. The number of aliphatic hydroxyl groups is 6. The van der Waals surface area contributed by atoms with Crippen LogP contribution in [-0.4, -0.2) is 141 Å². The Morgan fingerprint density at radius 1 is 0.520 bits per heavy atom. The van der Waals surface area contributed by atoms with Crippen molar-refractivity contribution in [3.05, 3.63) is 93.1 Å². The molecule has 0 bridgehead atoms. The lowest BCUT2D eigenvalue weighted by molar-refractivity contribution is -0.146. The van der Waals surface area contributed by atoms with Crippen LogP contribution in [0, 0.1) is 23.7 Å². The Bertz CT molecular complexity index is 3250. The van der Waals surface area contributed by atoms with Gasteiger partial charge in [0.25, 0.3) is 11.1 Å². The van der Waals surface area contributed by atoms with E-state index < -0.39 is 18.3 Å². The van der Waals surface area contributed by atoms with E-state index in [-0.39, 0.29) is 84.4 Å². The molecule has 400 valence electrons. The van der Waals surface area contributed by atoms with Gasteiger partial charge in [-0.25, -0.2) is 29.9 Å². The molecule has 4 aliphatic carbocycles. The van der Waals surface area contributed by atoms with Gasteiger partial charge >= 0.3 is 5.97 Å². The Morgan fingerprint density at radius 2 is 0.880 bits per heavy atom. The number of carbonyl (C=O) groups excluding carboxylic acids is 1. The SMILES string of the molecule is CC[C@@H]1CC(OC(C)=O)[C@H](c2c[nH]c3c(=O)[nH]cnc23)C1.Nc1ncnc2c([C@@H]3C[C@H](CO)C[C@H]3O)c[nH]c12.Nc1ncnc2c([C@@H]3C[C@H](CO)C[C@H]3O)c[nH]c12.O=c1[nH]cnc2c([C@@H]3C[C@H](CO)C[C@H]3O)c[nH]c12. The molecule has 1 unspecified atom stereocenters. The molecule has 12 atom stereocenters. The third-order valence-electron chi connectivity index (χ3n) is 15.8. The van der Waals surface area contributed by atoms with E-state index in [0.29, 0.717) is 69.9 Å². The zero-order valence-corrected chi connectivity index (χ0v) is 41.7. The van der Waals surface area contributed by atoms with Crippen molar-refractivity contribution in [2.24, 2.45) is 23.7 Å². The maximum atomic E-state index is 11.8. The number of H-pyrrole nitrogens is 6. The van der Waals surface area contributed by atoms with Crippen LogP contribution in [0.15, 0.2) is 59.7 Å². The molecular weight excluding hydrogens is 969 g/mol. The van der Waals surface area contributed by atoms with Crippen molar-refractivity contribution in [1.29, 1.82) is 0 Å². The molecule has 0 aromatic carbocycles. The average Bonchev–Trinajstić information content (AvgIpc) is 4.27. The van der Waals surface area contributed by atoms with Gasteiger partial charge in [-0.1, -0.05) is 13.3 Å². The number of nitrogens with zero attached hydrogens (tertiary/aromatic N) is 6. The molecule has 8 heterocycles. The number of hydrogen-bond donors (Lipinski definition) is 14. The Balaban J connectivity index is 0.000000123. The molecule has 0 saturated heterocycles. The molecule has 0 aliphatic heterocycles. The largest absolute Gasteiger partial charge is 0.462 e. The zero-order chi connectivity index (χ0) is 53.1. The Hall–Kier alpha value is -7.09. The van der Waals surface area contributed by atoms with Crippen LogP contribution in [-0.2, 0) is 9.53 Å². The number of hydrogen-bond acceptors (Lipinski definition) is 18. The van der Waals surface area contributed by atoms with Gasteiger partial charge < -0.3 is 76.7 Å². The third-order valence-corrected chi connectivity index (χ3v) is 15.8. The van der Waals surface area contributed by atoms with Gasteiger partial charge in [-0.2, -0.15) is 0 Å². The minimum absolute atomic E-state index is 0.00481. The van der Waals surface area contributed by atoms with Crippen LogP contribution in [0.2, 0.25) is 0 Å². The fourth-order valence-electron chi connectivity index (χ4n) is 11.9. The molecule has 8 aromatic heterocycles. The first-order valence-corrected chi connectivity index (χ1v) is 25.5. The number of aromatic nitrogens is 12. The molecule has 16 N–H and O–H groups in total. The van der Waals surface area contributed by atoms with E-state index in [1.54, 1.807) is 6.20 Å². The zero-order valence-electron chi connectivity index (χ0n) is 41.7. The van der Waals surface area contributed by atoms with Crippen molar-refractivity contribution in [3.63, 3.8) is 0 Å². The molecule has 8 aromatic rings. The van der Waals surface area contributed by atoms with Crippen LogP contribution in [0.3, 0.4) is 0 Å². The molecule has 75 heavy (non-hydrogen) atoms. The van der Waals surface area contributed by atoms with Gasteiger partial charge in [0.15, 0.2) is 11.6 Å². The van der Waals surface area contributed by atoms with Gasteiger partial charge in [-0.15, -0.1) is 0 Å². The smallest absolute Gasteiger partial charge is 0.302 e. The Labute approximate surface area is 428 Å². The molecule has 24 nitrogen and oxygen atoms in total. The first-order chi connectivity index (χ1) is 36.2. The second-order valence-electron chi connectivity index (χ2n) is 20.4. The van der Waals surface area contributed by atoms with Gasteiger partial charge in [0.05, 0.1) is 53.0 Å². The summed E-state index contributed by atoms with van der Waals surface area (Å²) in [5.74, 6) is 1.59. The van der Waals surface area contributed by atoms with E-state index in [1.165, 1.54) is 32.2 Å². The van der Waals surface area contributed by atoms with Gasteiger partial charge in [-0.05, 0) is 75.0 Å². The lowest BCUT2D eigenvalue weighted by atomic mass is 9.96. The normalized spacial score (nSPS) is 27.3. The highest BCUT2D eigenvalue weighted by Crippen LogP contribution is 2.45. The highest BCUT2D eigenvalue weighted by molar-refractivity contribution is 5.88. The summed E-state index contributed by atoms with van der Waals surface area (Å²) in [5, 5.41) is 57.8. The Kier molecular flexibility index (Phi) is 16.0. The van der Waals surface area contributed by atoms with Gasteiger partial charge in [0.1, 0.15) is 40.8 Å². The van der Waals surface area contributed by atoms with Crippen molar-refractivity contribution in [1.82, 2.24) is 59.8 Å². The summed E-state index contributed by atoms with van der Waals surface area (Å²) in [6.07, 6.45) is 18.4. The third kappa shape index (κ3) is 10.9. The number of nitrogens with two attached hydrogens (primary N) is 2. The average molecular weight is 1040 g/mol. The maximum Gasteiger partial charge on any atom is 0.302 e. The number of nitrogen functional groups attached to an aromatic ring is 2. The number of aromatic amines is 6. The molecule has 0 amide bonds. The van der Waals surface area contributed by atoms with Gasteiger partial charge in [0, 0.05) is 97.5 Å². The van der Waals surface area contributed by atoms with E-state index in [4.69, 9.17) is 21.3 Å². The lowest BCUT2D eigenvalue weighted by Gasteiger charge is -2.18. The number of fused-ring (bicyclic) bond motifs is 4. The summed E-state index contributed by atoms with van der Waals surface area (Å²) in [7, 11) is 0. The second-order valence-corrected chi connectivity index (χ2v) is 20.4. The summed E-state index contributed by atoms with van der Waals surface area (Å²) in [5.41, 5.74) is 20.1. The number of ether oxygens (including phenoxy) is 1. The lowest BCUT2D eigenvalue weighted by Crippen LogP contribution is -2.19. The van der Waals surface area contributed by atoms with Gasteiger partial charge in [0.2, 0.25) is 0 Å². The second kappa shape index (κ2) is 22.8. The summed E-state index contributed by atoms with van der Waals surface area (Å²) in [6, 6.07) is 0. The van der Waals surface area contributed by atoms with E-state index in [9.17, 15) is 39.9 Å². The topological polar surface area (TPSA) is 406 Å². The van der Waals surface area contributed by atoms with Crippen molar-refractivity contribution in [2.75, 3.05) is 31.3 Å². The van der Waals surface area contributed by atoms with Crippen molar-refractivity contribution in [3.8, 4) is 0 Å². The molecule has 0 spiro atoms. The predicted octanol–water partition coefficient (Wildman–Crippen LogP) is 2.96. The van der Waals surface area contributed by atoms with Crippen molar-refractivity contribution in [2.45, 2.75) is 120 Å². The molecular formula is C51H66N14O10. The van der Waals surface area contributed by atoms with Crippen molar-refractivity contribution < 1.29 is 40.2 Å². The summed E-state index contributed by atoms with van der Waals surface area (Å²) in [4.78, 5) is 76.6. The fourth-order valence-corrected chi connectivity index (χ4v) is 11.9. The molecule has 12 rings (SSSR count). The van der Waals surface area contributed by atoms with Crippen LogP contribution < -0.4 is 22.6 Å². The first-order valence-electron chi connectivity index (χ1n) is 25.5. The molecule has 4 saturated carbocycles. The Morgan fingerprint density at radius 3 is 1.24 bits per heavy atom. The quantitative estimate of drug-likeness (QED) is 0.0924. The van der Waals surface area contributed by atoms with E-state index in [1.807, 2.05) is 18.6 Å². The molecule has 4 aliphatic rings. The standard InChI is InChI=1S/C15H19N3O3.2C12H16N4O2.C12H15N3O3/c1-3-9-4-10(12(5-9)21-8(2)19)11-6-16-14-13(11)17-7-18-15(14)20;2*13-12-11-10(15-5-16-12)8(3-14-11)7-1-6(4-17)2-9(7)18;16-4-6-1-7(9(17)2-6)8-3-13-11-10(8)14-5-15-12(11)18/h6-7,9-10,12,16H,3-5H2,1-2H3,(H,17,18,20);2*3,5-7,9,14,17-18H,1-2,4H2,(H2,13,15,16);3,5-7,9,13,16-17H,1-2,4H2,(H,14,15,18)/t9-,10-,12?;3*6-,7-,9+/m0000/s1. The maximum absolute atomic E-state index is 11.8. The number of esters is 1. The molecule has 24 heteroatoms. The van der Waals surface area contributed by atoms with E-state index >= 15 is 0 Å². The minimum atomic E-state index is -0.484. The number of carbonyl (C=O) groups is 1. The first kappa shape index (κ1) is 52.8. The van der Waals surface area contributed by atoms with Crippen LogP contribution >= 0.6 is 0 Å². The number of anilines is 2. The predicted molar refractivity (Wildman–Crippen MR) is 277 cm³/mol. The molecule has 4 fully saturated rings.